The van der Waals surface area contributed by atoms with Crippen molar-refractivity contribution in [3.8, 4) is 0 Å². The Morgan fingerprint density at radius 1 is 1.75 bits per heavy atom. The minimum absolute atomic E-state index is 0.720. The Kier molecular flexibility index (Phi) is 6.45. The average Bonchev–Trinajstić information content (AvgIpc) is 1.81. The maximum atomic E-state index is 4.90. The fourth-order valence-electron chi connectivity index (χ4n) is 0.316. The van der Waals surface area contributed by atoms with Crippen LogP contribution in [0.25, 0.3) is 0 Å². The van der Waals surface area contributed by atoms with Gasteiger partial charge in [0.05, 0.1) is 6.61 Å². The molecule has 0 N–H and O–H groups in total. The molecule has 0 aliphatic heterocycles. The van der Waals surface area contributed by atoms with Gasteiger partial charge in [-0.1, -0.05) is 13.0 Å². The number of ether oxygens (including phenoxy) is 1. The van der Waals surface area contributed by atoms with Crippen molar-refractivity contribution in [3.05, 3.63) is 19.3 Å². The van der Waals surface area contributed by atoms with E-state index in [0.717, 1.165) is 19.4 Å². The first-order chi connectivity index (χ1) is 3.91. The van der Waals surface area contributed by atoms with E-state index in [2.05, 4.69) is 13.2 Å². The van der Waals surface area contributed by atoms with Crippen LogP contribution in [0.5, 0.6) is 0 Å². The molecule has 0 aliphatic carbocycles. The minimum atomic E-state index is 0.720. The zero-order valence-corrected chi connectivity index (χ0v) is 5.31. The van der Waals surface area contributed by atoms with E-state index in [-0.39, 0.29) is 0 Å². The summed E-state index contributed by atoms with van der Waals surface area (Å²) in [5, 5.41) is 0. The Morgan fingerprint density at radius 3 is 3.00 bits per heavy atom. The Morgan fingerprint density at radius 2 is 2.50 bits per heavy atom. The first kappa shape index (κ1) is 7.70. The molecule has 0 rings (SSSR count). The highest BCUT2D eigenvalue weighted by Crippen LogP contribution is 1.89. The molecule has 0 aromatic heterocycles. The van der Waals surface area contributed by atoms with E-state index in [1.54, 1.807) is 0 Å². The molecule has 0 saturated carbocycles. The highest BCUT2D eigenvalue weighted by molar-refractivity contribution is 4.65. The van der Waals surface area contributed by atoms with Crippen LogP contribution in [0.2, 0.25) is 0 Å². The predicted molar refractivity (Wildman–Crippen MR) is 34.3 cm³/mol. The van der Waals surface area contributed by atoms with E-state index >= 15 is 0 Å². The molecule has 0 spiro atoms. The Bertz CT molecular complexity index is 50.3. The summed E-state index contributed by atoms with van der Waals surface area (Å²) in [6.45, 7) is 9.00. The van der Waals surface area contributed by atoms with Crippen molar-refractivity contribution < 1.29 is 4.74 Å². The van der Waals surface area contributed by atoms with Gasteiger partial charge in [-0.05, 0) is 12.8 Å². The van der Waals surface area contributed by atoms with Gasteiger partial charge in [0, 0.05) is 0 Å². The summed E-state index contributed by atoms with van der Waals surface area (Å²) in [7, 11) is 0. The molecule has 1 nitrogen and oxygen atoms in total. The summed E-state index contributed by atoms with van der Waals surface area (Å²) in [6.07, 6.45) is 3.60. The summed E-state index contributed by atoms with van der Waals surface area (Å²) in [4.78, 5) is 0. The van der Waals surface area contributed by atoms with Crippen molar-refractivity contribution in [2.24, 2.45) is 0 Å². The predicted octanol–water partition coefficient (Wildman–Crippen LogP) is 2.03. The minimum Gasteiger partial charge on any atom is -0.368 e. The van der Waals surface area contributed by atoms with Gasteiger partial charge in [-0.25, -0.2) is 0 Å². The summed E-state index contributed by atoms with van der Waals surface area (Å²) in [6, 6.07) is 0. The third-order valence-corrected chi connectivity index (χ3v) is 0.670. The van der Waals surface area contributed by atoms with E-state index in [1.165, 1.54) is 0 Å². The molecular formula is C7H12O. The summed E-state index contributed by atoms with van der Waals surface area (Å²) in [5.41, 5.74) is 0. The molecule has 0 aromatic rings. The second-order valence-electron chi connectivity index (χ2n) is 1.42. The van der Waals surface area contributed by atoms with E-state index in [4.69, 9.17) is 4.74 Å². The van der Waals surface area contributed by atoms with Crippen molar-refractivity contribution in [1.82, 2.24) is 0 Å². The lowest BCUT2D eigenvalue weighted by atomic mass is 10.4. The molecule has 0 amide bonds. The van der Waals surface area contributed by atoms with Crippen LogP contribution in [0.3, 0.4) is 0 Å². The summed E-state index contributed by atoms with van der Waals surface area (Å²) in [5.74, 6) is 0. The van der Waals surface area contributed by atoms with Gasteiger partial charge in [-0.2, -0.15) is 0 Å². The Balaban J connectivity index is 2.62. The molecule has 0 heterocycles. The lowest BCUT2D eigenvalue weighted by Crippen LogP contribution is -1.87. The van der Waals surface area contributed by atoms with Gasteiger partial charge >= 0.3 is 0 Å². The highest BCUT2D eigenvalue weighted by atomic mass is 16.5. The second kappa shape index (κ2) is 6.70. The van der Waals surface area contributed by atoms with E-state index in [0.29, 0.717) is 0 Å². The lowest BCUT2D eigenvalue weighted by molar-refractivity contribution is 0.200. The Labute approximate surface area is 51.4 Å². The molecule has 0 atom stereocenters. The van der Waals surface area contributed by atoms with Gasteiger partial charge in [0.25, 0.3) is 0 Å². The third-order valence-electron chi connectivity index (χ3n) is 0.670. The molecule has 0 unspecified atom stereocenters. The molecule has 8 heavy (non-hydrogen) atoms. The fourth-order valence-corrected chi connectivity index (χ4v) is 0.316. The largest absolute Gasteiger partial charge is 0.368 e. The van der Waals surface area contributed by atoms with Crippen LogP contribution >= 0.6 is 0 Å². The fraction of sp³-hybridized carbons (Fsp3) is 0.571. The van der Waals surface area contributed by atoms with Crippen LogP contribution < -0.4 is 0 Å². The SMILES string of the molecule is C=CCCO[C]CC. The third kappa shape index (κ3) is 5.70. The second-order valence-corrected chi connectivity index (χ2v) is 1.42. The van der Waals surface area contributed by atoms with Crippen molar-refractivity contribution >= 4 is 0 Å². The Hall–Kier alpha value is -0.300. The number of hydrogen-bond donors (Lipinski definition) is 0. The molecule has 0 aliphatic rings. The van der Waals surface area contributed by atoms with Crippen molar-refractivity contribution in [1.29, 1.82) is 0 Å². The van der Waals surface area contributed by atoms with E-state index < -0.39 is 0 Å². The van der Waals surface area contributed by atoms with Crippen molar-refractivity contribution in [3.63, 3.8) is 0 Å². The van der Waals surface area contributed by atoms with Crippen molar-refractivity contribution in [2.45, 2.75) is 19.8 Å². The molecular weight excluding hydrogens is 100 g/mol. The molecule has 0 aromatic carbocycles. The van der Waals surface area contributed by atoms with Crippen molar-refractivity contribution in [2.75, 3.05) is 6.61 Å². The summed E-state index contributed by atoms with van der Waals surface area (Å²) < 4.78 is 4.90. The number of hydrogen-bond acceptors (Lipinski definition) is 1. The normalized spacial score (nSPS) is 9.12. The molecule has 0 fully saturated rings. The van der Waals surface area contributed by atoms with Crippen LogP contribution in [0.4, 0.5) is 0 Å². The van der Waals surface area contributed by atoms with Gasteiger partial charge in [0.1, 0.15) is 6.61 Å². The summed E-state index contributed by atoms with van der Waals surface area (Å²) >= 11 is 0. The quantitative estimate of drug-likeness (QED) is 0.390. The van der Waals surface area contributed by atoms with Gasteiger partial charge in [0.15, 0.2) is 0 Å². The van der Waals surface area contributed by atoms with Gasteiger partial charge < -0.3 is 4.74 Å². The first-order valence-electron chi connectivity index (χ1n) is 2.87. The zero-order chi connectivity index (χ0) is 6.24. The van der Waals surface area contributed by atoms with Gasteiger partial charge in [-0.3, -0.25) is 0 Å². The highest BCUT2D eigenvalue weighted by Gasteiger charge is 1.81. The molecule has 0 saturated heterocycles. The van der Waals surface area contributed by atoms with Crippen LogP contribution in [0.15, 0.2) is 12.7 Å². The zero-order valence-electron chi connectivity index (χ0n) is 5.31. The molecule has 0 bridgehead atoms. The first-order valence-corrected chi connectivity index (χ1v) is 2.87. The van der Waals surface area contributed by atoms with Crippen LogP contribution in [0, 0.1) is 6.61 Å². The topological polar surface area (TPSA) is 9.23 Å². The molecule has 2 radical (unpaired) electrons. The van der Waals surface area contributed by atoms with Gasteiger partial charge in [0.2, 0.25) is 0 Å². The van der Waals surface area contributed by atoms with Crippen LogP contribution in [-0.2, 0) is 4.74 Å². The molecule has 46 valence electrons. The maximum Gasteiger partial charge on any atom is 0.131 e. The standard InChI is InChI=1S/C7H12O/c1-3-5-7-8-6-4-2/h3H,1,4-5,7H2,2H3. The maximum absolute atomic E-state index is 4.90. The smallest absolute Gasteiger partial charge is 0.131 e. The monoisotopic (exact) mass is 112 g/mol. The average molecular weight is 112 g/mol. The lowest BCUT2D eigenvalue weighted by Gasteiger charge is -1.94. The van der Waals surface area contributed by atoms with Crippen LogP contribution in [-0.4, -0.2) is 6.61 Å². The van der Waals surface area contributed by atoms with E-state index in [1.807, 2.05) is 13.0 Å². The molecule has 1 heteroatoms. The van der Waals surface area contributed by atoms with Gasteiger partial charge in [-0.15, -0.1) is 6.58 Å². The number of rotatable bonds is 5. The van der Waals surface area contributed by atoms with E-state index in [9.17, 15) is 0 Å². The van der Waals surface area contributed by atoms with Crippen LogP contribution in [0.1, 0.15) is 19.8 Å².